The Morgan fingerprint density at radius 3 is 2.44 bits per heavy atom. The molecule has 2 fully saturated rings. The van der Waals surface area contributed by atoms with Crippen molar-refractivity contribution in [2.75, 3.05) is 37.7 Å². The molecule has 0 spiro atoms. The molecule has 1 aromatic heterocycles. The third-order valence-electron chi connectivity index (χ3n) is 8.43. The summed E-state index contributed by atoms with van der Waals surface area (Å²) in [5, 5.41) is 37.2. The van der Waals surface area contributed by atoms with Gasteiger partial charge in [0.1, 0.15) is 35.8 Å². The number of aryl methyl sites for hydroxylation is 1. The largest absolute Gasteiger partial charge is 0.480 e. The fourth-order valence-corrected chi connectivity index (χ4v) is 7.82. The summed E-state index contributed by atoms with van der Waals surface area (Å²) >= 11 is 2.43. The number of amides is 7. The van der Waals surface area contributed by atoms with Crippen molar-refractivity contribution in [3.05, 3.63) is 46.7 Å². The lowest BCUT2D eigenvalue weighted by molar-refractivity contribution is -0.153. The van der Waals surface area contributed by atoms with Gasteiger partial charge in [0.15, 0.2) is 0 Å². The zero-order chi connectivity index (χ0) is 39.3. The van der Waals surface area contributed by atoms with E-state index in [4.69, 9.17) is 15.6 Å². The first kappa shape index (κ1) is 39.5. The quantitative estimate of drug-likeness (QED) is 0.0673. The predicted octanol–water partition coefficient (Wildman–Crippen LogP) is -2.18. The van der Waals surface area contributed by atoms with Crippen LogP contribution in [0.3, 0.4) is 0 Å². The number of hydrogen-bond acceptors (Lipinski definition) is 15. The fraction of sp³-hybridized carbons (Fsp3) is 0.433. The Labute approximate surface area is 314 Å². The first-order valence-corrected chi connectivity index (χ1v) is 18.2. The Morgan fingerprint density at radius 1 is 1.09 bits per heavy atom. The maximum Gasteiger partial charge on any atom is 0.407 e. The van der Waals surface area contributed by atoms with Crippen LogP contribution < -0.4 is 21.7 Å². The fourth-order valence-electron chi connectivity index (χ4n) is 5.49. The molecular formula is C30H35N11O11S2. The van der Waals surface area contributed by atoms with Gasteiger partial charge in [-0.2, -0.15) is 0 Å². The number of hydrogen-bond donors (Lipinski definition) is 6. The van der Waals surface area contributed by atoms with Crippen molar-refractivity contribution < 1.29 is 53.3 Å². The molecule has 0 saturated carbocycles. The number of carbonyl (C=O) groups excluding carboxylic acids is 6. The second-order valence-corrected chi connectivity index (χ2v) is 13.9. The van der Waals surface area contributed by atoms with Gasteiger partial charge in [0.2, 0.25) is 11.1 Å². The van der Waals surface area contributed by atoms with E-state index in [9.17, 15) is 43.5 Å². The highest BCUT2D eigenvalue weighted by atomic mass is 32.2. The zero-order valence-electron chi connectivity index (χ0n) is 28.7. The first-order chi connectivity index (χ1) is 25.7. The third kappa shape index (κ3) is 8.55. The minimum atomic E-state index is -1.51. The number of imide groups is 1. The smallest absolute Gasteiger partial charge is 0.407 e. The number of carboxylic acid groups (broad SMARTS) is 2. The van der Waals surface area contributed by atoms with Crippen LogP contribution in [0.4, 0.5) is 9.59 Å². The van der Waals surface area contributed by atoms with E-state index >= 15 is 0 Å². The molecule has 2 saturated heterocycles. The van der Waals surface area contributed by atoms with Crippen LogP contribution in [-0.4, -0.2) is 148 Å². The predicted molar refractivity (Wildman–Crippen MR) is 185 cm³/mol. The zero-order valence-corrected chi connectivity index (χ0v) is 30.3. The van der Waals surface area contributed by atoms with Gasteiger partial charge in [-0.25, -0.2) is 19.1 Å². The average Bonchev–Trinajstić information content (AvgIpc) is 3.57. The lowest BCUT2D eigenvalue weighted by atomic mass is 10.0. The molecule has 54 heavy (non-hydrogen) atoms. The summed E-state index contributed by atoms with van der Waals surface area (Å²) in [6.45, 7) is 1.24. The van der Waals surface area contributed by atoms with Gasteiger partial charge in [-0.1, -0.05) is 36.0 Å². The van der Waals surface area contributed by atoms with E-state index in [0.29, 0.717) is 21.2 Å². The number of urea groups is 1. The Bertz CT molecular complexity index is 1890. The van der Waals surface area contributed by atoms with Crippen molar-refractivity contribution in [1.82, 2.24) is 50.9 Å². The molecule has 0 unspecified atom stereocenters. The molecule has 3 aliphatic rings. The normalized spacial score (nSPS) is 19.4. The maximum atomic E-state index is 13.9. The molecule has 1 aromatic carbocycles. The van der Waals surface area contributed by atoms with Crippen molar-refractivity contribution in [3.8, 4) is 0 Å². The molecule has 4 heterocycles. The van der Waals surface area contributed by atoms with E-state index in [2.05, 4.69) is 31.5 Å². The molecule has 22 nitrogen and oxygen atoms in total. The van der Waals surface area contributed by atoms with Gasteiger partial charge in [0.05, 0.1) is 0 Å². The molecule has 3 aliphatic heterocycles. The Morgan fingerprint density at radius 2 is 1.81 bits per heavy atom. The van der Waals surface area contributed by atoms with Gasteiger partial charge >= 0.3 is 35.9 Å². The Balaban J connectivity index is 1.30. The summed E-state index contributed by atoms with van der Waals surface area (Å²) in [6.07, 6.45) is -0.933. The van der Waals surface area contributed by atoms with Crippen molar-refractivity contribution in [1.29, 1.82) is 0 Å². The number of tetrazole rings is 1. The number of carbonyl (C=O) groups is 8. The van der Waals surface area contributed by atoms with Gasteiger partial charge < -0.3 is 41.5 Å². The van der Waals surface area contributed by atoms with Crippen LogP contribution in [0, 0.1) is 0 Å². The monoisotopic (exact) mass is 789 g/mol. The van der Waals surface area contributed by atoms with Crippen LogP contribution >= 0.6 is 23.5 Å². The summed E-state index contributed by atoms with van der Waals surface area (Å²) < 4.78 is 6.20. The number of nitrogens with one attached hydrogen (secondary N) is 3. The Hall–Kier alpha value is -5.75. The van der Waals surface area contributed by atoms with Crippen LogP contribution in [0.1, 0.15) is 24.1 Å². The van der Waals surface area contributed by atoms with E-state index in [1.54, 1.807) is 14.0 Å². The van der Waals surface area contributed by atoms with Crippen LogP contribution in [0.2, 0.25) is 0 Å². The third-order valence-corrected chi connectivity index (χ3v) is 10.9. The number of nitrogens with zero attached hydrogens (tertiary/aromatic N) is 7. The second kappa shape index (κ2) is 16.9. The van der Waals surface area contributed by atoms with Gasteiger partial charge in [0, 0.05) is 44.7 Å². The van der Waals surface area contributed by atoms with E-state index < -0.39 is 77.8 Å². The number of rotatable bonds is 14. The number of benzene rings is 1. The van der Waals surface area contributed by atoms with Crippen LogP contribution in [0.15, 0.2) is 40.7 Å². The summed E-state index contributed by atoms with van der Waals surface area (Å²) in [5.41, 5.74) is 6.25. The molecule has 5 rings (SSSR count). The number of ether oxygens (including phenoxy) is 1. The number of fused-ring (bicyclic) bond motifs is 1. The molecule has 0 radical (unpaired) electrons. The van der Waals surface area contributed by atoms with Crippen molar-refractivity contribution in [2.24, 2.45) is 12.8 Å². The lowest BCUT2D eigenvalue weighted by Crippen LogP contribution is -2.71. The molecule has 288 valence electrons. The van der Waals surface area contributed by atoms with Gasteiger partial charge in [-0.05, 0) is 34.1 Å². The summed E-state index contributed by atoms with van der Waals surface area (Å²) in [7, 11) is 1.63. The summed E-state index contributed by atoms with van der Waals surface area (Å²) in [5.74, 6) is -5.81. The standard InChI is InChI=1S/C30H35N11O11S2/c1-3-39-8-9-40(24(45)23(39)44)28(50)34-18(15-6-4-14(5-7-15)10-32-30(51)52-11-17(31)26(46)47)21(42)33-19-22(43)41-20(27(48)49)16(12-53-25(19)41)13-54-29-35-36-37-38(29)2/h4-7,17-19,25H,3,8-13,31H2,1-2H3,(H,32,51)(H,33,42)(H,34,50)(H,46,47)(H,48,49)/t17-,18+,19-,25+/m1/s1. The number of piperazine rings is 1. The molecule has 4 atom stereocenters. The van der Waals surface area contributed by atoms with E-state index in [1.807, 2.05) is 0 Å². The number of carboxylic acids is 2. The SMILES string of the molecule is CCN1CCN(C(=O)N[C@H](C(=O)N[C@@H]2C(=O)N3C(C(=O)O)=C(CSc4nnnn4C)CS[C@@H]23)c2ccc(CNC(=O)OC[C@@H](N)C(=O)O)cc2)C(=O)C1=O. The molecule has 0 aliphatic carbocycles. The highest BCUT2D eigenvalue weighted by Crippen LogP contribution is 2.41. The number of alkyl carbamates (subject to hydrolysis) is 1. The minimum absolute atomic E-state index is 0.0797. The first-order valence-electron chi connectivity index (χ1n) is 16.2. The number of aromatic nitrogens is 4. The Kier molecular flexibility index (Phi) is 12.4. The number of likely N-dealkylation sites (N-methyl/N-ethyl adjacent to an activating group) is 1. The van der Waals surface area contributed by atoms with Crippen molar-refractivity contribution in [3.63, 3.8) is 0 Å². The topological polar surface area (TPSA) is 302 Å². The van der Waals surface area contributed by atoms with E-state index in [-0.39, 0.29) is 48.9 Å². The van der Waals surface area contributed by atoms with Gasteiger partial charge in [0.25, 0.3) is 5.91 Å². The molecule has 2 aromatic rings. The van der Waals surface area contributed by atoms with Gasteiger partial charge in [-0.3, -0.25) is 33.8 Å². The van der Waals surface area contributed by atoms with E-state index in [0.717, 1.165) is 4.90 Å². The maximum absolute atomic E-state index is 13.9. The molecule has 0 bridgehead atoms. The van der Waals surface area contributed by atoms with Crippen molar-refractivity contribution >= 4 is 71.2 Å². The van der Waals surface area contributed by atoms with E-state index in [1.165, 1.54) is 57.4 Å². The summed E-state index contributed by atoms with van der Waals surface area (Å²) in [4.78, 5) is 104. The lowest BCUT2D eigenvalue weighted by Gasteiger charge is -2.49. The highest BCUT2D eigenvalue weighted by molar-refractivity contribution is 8.01. The second-order valence-electron chi connectivity index (χ2n) is 11.9. The number of aliphatic carboxylic acids is 2. The molecule has 7 amide bonds. The van der Waals surface area contributed by atoms with Crippen LogP contribution in [0.5, 0.6) is 0 Å². The van der Waals surface area contributed by atoms with Crippen molar-refractivity contribution in [2.45, 2.75) is 42.1 Å². The number of nitrogens with two attached hydrogens (primary N) is 1. The highest BCUT2D eigenvalue weighted by Gasteiger charge is 2.54. The molecular weight excluding hydrogens is 755 g/mol. The molecule has 24 heteroatoms. The van der Waals surface area contributed by atoms with Crippen LogP contribution in [-0.2, 0) is 47.1 Å². The van der Waals surface area contributed by atoms with Gasteiger partial charge in [-0.15, -0.1) is 16.9 Å². The number of thioether (sulfide) groups is 2. The minimum Gasteiger partial charge on any atom is -0.480 e. The summed E-state index contributed by atoms with van der Waals surface area (Å²) in [6, 6.07) is 0.781. The molecule has 7 N–H and O–H groups in total. The average molecular weight is 790 g/mol. The van der Waals surface area contributed by atoms with Crippen LogP contribution in [0.25, 0.3) is 0 Å². The number of β-lactam (4-membered cyclic amide) rings is 1.